The van der Waals surface area contributed by atoms with Gasteiger partial charge in [0.25, 0.3) is 0 Å². The van der Waals surface area contributed by atoms with Crippen LogP contribution in [-0.2, 0) is 9.47 Å². The molecule has 0 aromatic rings. The lowest BCUT2D eigenvalue weighted by Gasteiger charge is -2.44. The minimum absolute atomic E-state index is 0.107. The average Bonchev–Trinajstić information content (AvgIpc) is 2.88. The first-order chi connectivity index (χ1) is 12.2. The van der Waals surface area contributed by atoms with Gasteiger partial charge in [0.2, 0.25) is 0 Å². The number of nitrogens with zero attached hydrogens (tertiary/aromatic N) is 2. The lowest BCUT2D eigenvalue weighted by atomic mass is 9.74. The number of likely N-dealkylation sites (tertiary alicyclic amines) is 1. The Bertz CT molecular complexity index is 438. The van der Waals surface area contributed by atoms with Crippen molar-refractivity contribution in [2.24, 2.45) is 10.4 Å². The molecule has 3 rings (SSSR count). The van der Waals surface area contributed by atoms with Crippen LogP contribution in [0, 0.1) is 5.41 Å². The van der Waals surface area contributed by atoms with E-state index in [2.05, 4.69) is 15.2 Å². The summed E-state index contributed by atoms with van der Waals surface area (Å²) in [6, 6.07) is 0. The van der Waals surface area contributed by atoms with Crippen LogP contribution in [0.2, 0.25) is 0 Å². The maximum Gasteiger partial charge on any atom is 0.193 e. The largest absolute Gasteiger partial charge is 0.381 e. The molecule has 0 aromatic heterocycles. The summed E-state index contributed by atoms with van der Waals surface area (Å²) < 4.78 is 11.4. The fraction of sp³-hybridized carbons (Fsp3) is 0.950. The Morgan fingerprint density at radius 3 is 2.36 bits per heavy atom. The van der Waals surface area contributed by atoms with Crippen LogP contribution >= 0.6 is 0 Å². The quantitative estimate of drug-likeness (QED) is 0.626. The maximum atomic E-state index is 5.87. The van der Waals surface area contributed by atoms with Crippen LogP contribution < -0.4 is 5.32 Å². The zero-order chi connectivity index (χ0) is 17.6. The highest BCUT2D eigenvalue weighted by Gasteiger charge is 2.37. The third-order valence-corrected chi connectivity index (χ3v) is 6.74. The molecule has 0 atom stereocenters. The van der Waals surface area contributed by atoms with Gasteiger partial charge < -0.3 is 19.7 Å². The molecule has 2 saturated heterocycles. The number of piperidine rings is 1. The van der Waals surface area contributed by atoms with E-state index in [0.717, 1.165) is 45.1 Å². The summed E-state index contributed by atoms with van der Waals surface area (Å²) in [6.07, 6.45) is 13.1. The van der Waals surface area contributed by atoms with Crippen molar-refractivity contribution < 1.29 is 9.47 Å². The summed E-state index contributed by atoms with van der Waals surface area (Å²) in [5.74, 6) is 1.06. The van der Waals surface area contributed by atoms with E-state index in [1.807, 2.05) is 14.2 Å². The van der Waals surface area contributed by atoms with Gasteiger partial charge in [-0.15, -0.1) is 0 Å². The number of guanidine groups is 1. The Morgan fingerprint density at radius 1 is 1.04 bits per heavy atom. The zero-order valence-corrected chi connectivity index (χ0v) is 16.3. The predicted molar refractivity (Wildman–Crippen MR) is 102 cm³/mol. The molecule has 2 heterocycles. The van der Waals surface area contributed by atoms with Crippen molar-refractivity contribution in [2.45, 2.75) is 69.8 Å². The van der Waals surface area contributed by atoms with Gasteiger partial charge in [0, 0.05) is 59.8 Å². The van der Waals surface area contributed by atoms with Crippen LogP contribution in [0.15, 0.2) is 4.99 Å². The topological polar surface area (TPSA) is 46.1 Å². The second-order valence-electron chi connectivity index (χ2n) is 8.34. The zero-order valence-electron chi connectivity index (χ0n) is 16.3. The summed E-state index contributed by atoms with van der Waals surface area (Å²) in [7, 11) is 3.75. The van der Waals surface area contributed by atoms with Crippen molar-refractivity contribution in [3.8, 4) is 0 Å². The lowest BCUT2D eigenvalue weighted by molar-refractivity contribution is -0.0858. The highest BCUT2D eigenvalue weighted by atomic mass is 16.5. The van der Waals surface area contributed by atoms with Gasteiger partial charge in [0.1, 0.15) is 0 Å². The molecule has 1 N–H and O–H groups in total. The number of rotatable bonds is 3. The van der Waals surface area contributed by atoms with Crippen molar-refractivity contribution in [1.29, 1.82) is 0 Å². The van der Waals surface area contributed by atoms with Crippen molar-refractivity contribution in [2.75, 3.05) is 47.0 Å². The Balaban J connectivity index is 1.60. The molecule has 5 nitrogen and oxygen atoms in total. The molecule has 0 aromatic carbocycles. The van der Waals surface area contributed by atoms with E-state index >= 15 is 0 Å². The number of methoxy groups -OCH3 is 1. The third-order valence-electron chi connectivity index (χ3n) is 6.74. The van der Waals surface area contributed by atoms with Gasteiger partial charge in [-0.25, -0.2) is 0 Å². The van der Waals surface area contributed by atoms with Gasteiger partial charge in [-0.2, -0.15) is 0 Å². The van der Waals surface area contributed by atoms with Gasteiger partial charge >= 0.3 is 0 Å². The van der Waals surface area contributed by atoms with Crippen molar-refractivity contribution in [3.05, 3.63) is 0 Å². The summed E-state index contributed by atoms with van der Waals surface area (Å²) in [5, 5.41) is 3.63. The van der Waals surface area contributed by atoms with Gasteiger partial charge in [-0.05, 0) is 31.1 Å². The van der Waals surface area contributed by atoms with E-state index in [0.29, 0.717) is 5.41 Å². The fourth-order valence-corrected chi connectivity index (χ4v) is 5.04. The van der Waals surface area contributed by atoms with Crippen LogP contribution in [-0.4, -0.2) is 63.5 Å². The van der Waals surface area contributed by atoms with E-state index in [9.17, 15) is 0 Å². The van der Waals surface area contributed by atoms with E-state index in [-0.39, 0.29) is 5.60 Å². The minimum Gasteiger partial charge on any atom is -0.381 e. The number of hydrogen-bond donors (Lipinski definition) is 1. The Labute approximate surface area is 153 Å². The van der Waals surface area contributed by atoms with E-state index in [1.165, 1.54) is 57.9 Å². The monoisotopic (exact) mass is 351 g/mol. The first-order valence-electron chi connectivity index (χ1n) is 10.3. The van der Waals surface area contributed by atoms with Gasteiger partial charge in [0.05, 0.1) is 5.60 Å². The molecule has 0 amide bonds. The van der Waals surface area contributed by atoms with Crippen LogP contribution in [0.3, 0.4) is 0 Å². The van der Waals surface area contributed by atoms with Crippen LogP contribution in [0.1, 0.15) is 64.2 Å². The van der Waals surface area contributed by atoms with E-state index in [1.54, 1.807) is 0 Å². The van der Waals surface area contributed by atoms with Crippen LogP contribution in [0.25, 0.3) is 0 Å². The number of hydrogen-bond acceptors (Lipinski definition) is 3. The first kappa shape index (κ1) is 19.0. The predicted octanol–water partition coefficient (Wildman–Crippen LogP) is 3.19. The van der Waals surface area contributed by atoms with E-state index in [4.69, 9.17) is 9.47 Å². The molecule has 2 aliphatic heterocycles. The summed E-state index contributed by atoms with van der Waals surface area (Å²) in [6.45, 7) is 4.71. The average molecular weight is 352 g/mol. The molecule has 1 aliphatic carbocycles. The third kappa shape index (κ3) is 4.68. The molecule has 1 saturated carbocycles. The molecule has 1 spiro atoms. The SMILES string of the molecule is CN=C(NCC1(OC)CCOCC1)N1CCCC2(CCCCCC2)C1. The summed E-state index contributed by atoms with van der Waals surface area (Å²) in [4.78, 5) is 7.12. The lowest BCUT2D eigenvalue weighted by Crippen LogP contribution is -2.54. The number of ether oxygens (including phenoxy) is 2. The smallest absolute Gasteiger partial charge is 0.193 e. The molecule has 3 aliphatic rings. The molecule has 144 valence electrons. The van der Waals surface area contributed by atoms with Gasteiger partial charge in [0.15, 0.2) is 5.96 Å². The van der Waals surface area contributed by atoms with E-state index < -0.39 is 0 Å². The molecule has 5 heteroatoms. The Morgan fingerprint density at radius 2 is 1.72 bits per heavy atom. The first-order valence-corrected chi connectivity index (χ1v) is 10.3. The van der Waals surface area contributed by atoms with Crippen LogP contribution in [0.5, 0.6) is 0 Å². The van der Waals surface area contributed by atoms with Crippen molar-refractivity contribution in [3.63, 3.8) is 0 Å². The molecule has 0 radical (unpaired) electrons. The maximum absolute atomic E-state index is 5.87. The Kier molecular flexibility index (Phi) is 6.61. The molecule has 0 unspecified atom stereocenters. The molecular formula is C20H37N3O2. The highest BCUT2D eigenvalue weighted by Crippen LogP contribution is 2.42. The number of nitrogens with one attached hydrogen (secondary N) is 1. The number of aliphatic imine (C=N–C) groups is 1. The highest BCUT2D eigenvalue weighted by molar-refractivity contribution is 5.80. The molecular weight excluding hydrogens is 314 g/mol. The van der Waals surface area contributed by atoms with Crippen molar-refractivity contribution >= 4 is 5.96 Å². The molecule has 3 fully saturated rings. The summed E-state index contributed by atoms with van der Waals surface area (Å²) >= 11 is 0. The summed E-state index contributed by atoms with van der Waals surface area (Å²) in [5.41, 5.74) is 0.425. The minimum atomic E-state index is -0.107. The Hall–Kier alpha value is -0.810. The normalized spacial score (nSPS) is 27.1. The fourth-order valence-electron chi connectivity index (χ4n) is 5.04. The second kappa shape index (κ2) is 8.72. The standard InChI is InChI=1S/C20H37N3O2/c1-21-18(22-16-20(24-2)11-14-25-15-12-20)23-13-7-10-19(17-23)8-5-3-4-6-9-19/h3-17H2,1-2H3,(H,21,22). The van der Waals surface area contributed by atoms with Crippen molar-refractivity contribution in [1.82, 2.24) is 10.2 Å². The molecule has 0 bridgehead atoms. The van der Waals surface area contributed by atoms with Gasteiger partial charge in [-0.3, -0.25) is 4.99 Å². The second-order valence-corrected chi connectivity index (χ2v) is 8.34. The van der Waals surface area contributed by atoms with Crippen LogP contribution in [0.4, 0.5) is 0 Å². The molecule has 25 heavy (non-hydrogen) atoms. The van der Waals surface area contributed by atoms with Gasteiger partial charge in [-0.1, -0.05) is 25.7 Å².